The Morgan fingerprint density at radius 2 is 1.81 bits per heavy atom. The number of allylic oxidation sites excluding steroid dienone is 1. The van der Waals surface area contributed by atoms with Crippen LogP contribution in [-0.2, 0) is 4.74 Å². The topological polar surface area (TPSA) is 147 Å². The highest BCUT2D eigenvalue weighted by Crippen LogP contribution is 2.38. The number of carbonyl (C=O) groups is 1. The number of aliphatic hydroxyl groups is 4. The number of ether oxygens (including phenoxy) is 2. The van der Waals surface area contributed by atoms with Gasteiger partial charge < -0.3 is 34.3 Å². The van der Waals surface area contributed by atoms with E-state index in [1.54, 1.807) is 0 Å². The summed E-state index contributed by atoms with van der Waals surface area (Å²) in [7, 11) is 0. The molecule has 27 heavy (non-hydrogen) atoms. The largest absolute Gasteiger partial charge is 0.461 e. The van der Waals surface area contributed by atoms with E-state index in [1.165, 1.54) is 30.4 Å². The normalized spacial score (nSPS) is 29.9. The van der Waals surface area contributed by atoms with Gasteiger partial charge in [0.05, 0.1) is 12.0 Å². The zero-order valence-corrected chi connectivity index (χ0v) is 13.8. The Hall–Kier alpha value is -2.56. The number of hydrogen-bond donors (Lipinski definition) is 4. The van der Waals surface area contributed by atoms with E-state index in [0.29, 0.717) is 10.9 Å². The van der Waals surface area contributed by atoms with Crippen molar-refractivity contribution in [1.82, 2.24) is 0 Å². The highest BCUT2D eigenvalue weighted by molar-refractivity contribution is 6.17. The van der Waals surface area contributed by atoms with Gasteiger partial charge in [0.25, 0.3) is 0 Å². The molecule has 0 unspecified atom stereocenters. The van der Waals surface area contributed by atoms with E-state index in [9.17, 15) is 30.0 Å². The molecular weight excluding hydrogens is 360 g/mol. The maximum absolute atomic E-state index is 12.0. The predicted molar refractivity (Wildman–Crippen MR) is 90.2 cm³/mol. The van der Waals surface area contributed by atoms with Gasteiger partial charge in [0.1, 0.15) is 35.7 Å². The molecule has 0 bridgehead atoms. The summed E-state index contributed by atoms with van der Waals surface area (Å²) in [6.45, 7) is -0.605. The molecule has 142 valence electrons. The van der Waals surface area contributed by atoms with Gasteiger partial charge >= 0.3 is 5.63 Å². The summed E-state index contributed by atoms with van der Waals surface area (Å²) in [4.78, 5) is 23.6. The molecule has 1 saturated heterocycles. The Morgan fingerprint density at radius 1 is 1.04 bits per heavy atom. The van der Waals surface area contributed by atoms with Gasteiger partial charge in [0.2, 0.25) is 6.29 Å². The molecule has 2 aromatic rings. The molecule has 1 aliphatic heterocycles. The average molecular weight is 376 g/mol. The van der Waals surface area contributed by atoms with Crippen molar-refractivity contribution in [2.45, 2.75) is 30.7 Å². The molecule has 9 heteroatoms. The molecule has 0 saturated carbocycles. The fourth-order valence-corrected chi connectivity index (χ4v) is 3.23. The second-order valence-electron chi connectivity index (χ2n) is 6.35. The fraction of sp³-hybridized carbons (Fsp3) is 0.333. The molecule has 0 amide bonds. The van der Waals surface area contributed by atoms with Gasteiger partial charge in [-0.3, -0.25) is 4.79 Å². The van der Waals surface area contributed by atoms with Gasteiger partial charge in [-0.25, -0.2) is 4.79 Å². The van der Waals surface area contributed by atoms with Crippen LogP contribution in [-0.4, -0.2) is 63.5 Å². The first-order valence-corrected chi connectivity index (χ1v) is 8.21. The molecule has 0 radical (unpaired) electrons. The molecular formula is C18H16O9. The van der Waals surface area contributed by atoms with E-state index in [4.69, 9.17) is 13.9 Å². The zero-order chi connectivity index (χ0) is 19.3. The Kier molecular flexibility index (Phi) is 4.33. The molecule has 2 heterocycles. The molecule has 1 aliphatic carbocycles. The lowest BCUT2D eigenvalue weighted by Crippen LogP contribution is -2.60. The van der Waals surface area contributed by atoms with Crippen LogP contribution in [0.2, 0.25) is 0 Å². The molecule has 1 aromatic heterocycles. The lowest BCUT2D eigenvalue weighted by molar-refractivity contribution is -0.277. The molecule has 5 atom stereocenters. The average Bonchev–Trinajstić information content (AvgIpc) is 3.02. The van der Waals surface area contributed by atoms with Crippen molar-refractivity contribution >= 4 is 22.8 Å². The van der Waals surface area contributed by atoms with Gasteiger partial charge in [-0.05, 0) is 24.3 Å². The van der Waals surface area contributed by atoms with Gasteiger partial charge in [0, 0.05) is 17.2 Å². The number of ketones is 1. The monoisotopic (exact) mass is 376 g/mol. The van der Waals surface area contributed by atoms with Crippen molar-refractivity contribution < 1.29 is 39.1 Å². The summed E-state index contributed by atoms with van der Waals surface area (Å²) in [6, 6.07) is 4.04. The van der Waals surface area contributed by atoms with Crippen LogP contribution in [0.25, 0.3) is 17.0 Å². The second kappa shape index (κ2) is 6.55. The molecule has 1 aromatic carbocycles. The first-order chi connectivity index (χ1) is 12.9. The third kappa shape index (κ3) is 2.85. The van der Waals surface area contributed by atoms with Crippen molar-refractivity contribution in [3.63, 3.8) is 0 Å². The number of rotatable bonds is 3. The minimum Gasteiger partial charge on any atom is -0.461 e. The number of benzene rings is 1. The SMILES string of the molecule is O=C1C=Cc2c1cc1oc(=O)ccc1c2O[C@@H]1O[C@H](CO)[C@@H](O)[C@H](O)[C@H]1O. The van der Waals surface area contributed by atoms with Gasteiger partial charge in [0.15, 0.2) is 5.78 Å². The van der Waals surface area contributed by atoms with Crippen molar-refractivity contribution in [3.8, 4) is 5.75 Å². The first kappa shape index (κ1) is 17.8. The van der Waals surface area contributed by atoms with Gasteiger partial charge in [-0.1, -0.05) is 0 Å². The van der Waals surface area contributed by atoms with Crippen LogP contribution in [0.1, 0.15) is 15.9 Å². The quantitative estimate of drug-likeness (QED) is 0.505. The summed E-state index contributed by atoms with van der Waals surface area (Å²) in [5, 5.41) is 39.7. The van der Waals surface area contributed by atoms with E-state index < -0.39 is 42.9 Å². The summed E-state index contributed by atoms with van der Waals surface area (Å²) in [5.41, 5.74) is 0.146. The van der Waals surface area contributed by atoms with Crippen LogP contribution in [0.4, 0.5) is 0 Å². The third-order valence-corrected chi connectivity index (χ3v) is 4.67. The van der Waals surface area contributed by atoms with Crippen LogP contribution < -0.4 is 10.4 Å². The van der Waals surface area contributed by atoms with Crippen LogP contribution >= 0.6 is 0 Å². The molecule has 4 N–H and O–H groups in total. The Labute approximate surface area is 151 Å². The summed E-state index contributed by atoms with van der Waals surface area (Å²) in [6.07, 6.45) is -4.51. The predicted octanol–water partition coefficient (Wildman–Crippen LogP) is -0.819. The molecule has 0 spiro atoms. The standard InChI is InChI=1S/C18H16O9/c19-6-12-14(22)15(23)16(24)18(26-12)27-17-7-1-3-10(20)9(7)5-11-8(17)2-4-13(21)25-11/h1-5,12,14-16,18-19,22-24H,6H2/t12-,14-,15+,16-,18+/m1/s1. The highest BCUT2D eigenvalue weighted by Gasteiger charge is 2.45. The first-order valence-electron chi connectivity index (χ1n) is 8.21. The van der Waals surface area contributed by atoms with E-state index in [0.717, 1.165) is 0 Å². The third-order valence-electron chi connectivity index (χ3n) is 4.67. The maximum atomic E-state index is 12.0. The molecule has 4 rings (SSSR count). The van der Waals surface area contributed by atoms with Crippen LogP contribution in [0.5, 0.6) is 5.75 Å². The highest BCUT2D eigenvalue weighted by atomic mass is 16.7. The minimum absolute atomic E-state index is 0.109. The molecule has 1 fully saturated rings. The Balaban J connectivity index is 1.81. The van der Waals surface area contributed by atoms with Crippen molar-refractivity contribution in [3.05, 3.63) is 45.8 Å². The fourth-order valence-electron chi connectivity index (χ4n) is 3.23. The van der Waals surface area contributed by atoms with E-state index in [1.807, 2.05) is 0 Å². The van der Waals surface area contributed by atoms with Gasteiger partial charge in [-0.15, -0.1) is 0 Å². The smallest absolute Gasteiger partial charge is 0.336 e. The minimum atomic E-state index is -1.62. The summed E-state index contributed by atoms with van der Waals surface area (Å²) < 4.78 is 16.2. The van der Waals surface area contributed by atoms with Crippen molar-refractivity contribution in [1.29, 1.82) is 0 Å². The summed E-state index contributed by atoms with van der Waals surface area (Å²) >= 11 is 0. The maximum Gasteiger partial charge on any atom is 0.336 e. The second-order valence-corrected chi connectivity index (χ2v) is 6.35. The van der Waals surface area contributed by atoms with E-state index in [-0.39, 0.29) is 22.7 Å². The number of hydrogen-bond acceptors (Lipinski definition) is 9. The van der Waals surface area contributed by atoms with E-state index >= 15 is 0 Å². The van der Waals surface area contributed by atoms with E-state index in [2.05, 4.69) is 0 Å². The number of carbonyl (C=O) groups excluding carboxylic acids is 1. The lowest BCUT2D eigenvalue weighted by atomic mass is 9.99. The Morgan fingerprint density at radius 3 is 2.56 bits per heavy atom. The zero-order valence-electron chi connectivity index (χ0n) is 13.8. The van der Waals surface area contributed by atoms with Crippen molar-refractivity contribution in [2.75, 3.05) is 6.61 Å². The van der Waals surface area contributed by atoms with Crippen molar-refractivity contribution in [2.24, 2.45) is 0 Å². The molecule has 2 aliphatic rings. The Bertz CT molecular complexity index is 990. The van der Waals surface area contributed by atoms with Crippen LogP contribution in [0, 0.1) is 0 Å². The summed E-state index contributed by atoms with van der Waals surface area (Å²) in [5.74, 6) is -0.199. The lowest BCUT2D eigenvalue weighted by Gasteiger charge is -2.39. The number of aliphatic hydroxyl groups excluding tert-OH is 4. The van der Waals surface area contributed by atoms with Gasteiger partial charge in [-0.2, -0.15) is 0 Å². The molecule has 9 nitrogen and oxygen atoms in total. The van der Waals surface area contributed by atoms with Crippen LogP contribution in [0.3, 0.4) is 0 Å². The number of fused-ring (bicyclic) bond motifs is 2. The van der Waals surface area contributed by atoms with Crippen LogP contribution in [0.15, 0.2) is 33.5 Å².